The van der Waals surface area contributed by atoms with Gasteiger partial charge in [0.1, 0.15) is 5.84 Å². The number of benzene rings is 7. The lowest BCUT2D eigenvalue weighted by Gasteiger charge is -2.29. The van der Waals surface area contributed by atoms with Gasteiger partial charge in [-0.25, -0.2) is 4.99 Å². The van der Waals surface area contributed by atoms with Crippen LogP contribution in [0.3, 0.4) is 0 Å². The molecule has 46 heavy (non-hydrogen) atoms. The molecule has 1 atom stereocenters. The lowest BCUT2D eigenvalue weighted by molar-refractivity contribution is 0.763. The van der Waals surface area contributed by atoms with E-state index in [9.17, 15) is 0 Å². The molecule has 1 unspecified atom stereocenters. The lowest BCUT2D eigenvalue weighted by atomic mass is 9.95. The third-order valence-electron chi connectivity index (χ3n) is 9.55. The van der Waals surface area contributed by atoms with Gasteiger partial charge in [0.25, 0.3) is 0 Å². The number of amidine groups is 1. The highest BCUT2D eigenvalue weighted by Gasteiger charge is 2.30. The Bertz CT molecular complexity index is 2710. The first-order valence-electron chi connectivity index (χ1n) is 15.7. The van der Waals surface area contributed by atoms with E-state index in [1.807, 2.05) is 17.4 Å². The van der Waals surface area contributed by atoms with Crippen LogP contribution in [0.15, 0.2) is 156 Å². The van der Waals surface area contributed by atoms with Crippen molar-refractivity contribution in [3.8, 4) is 0 Å². The van der Waals surface area contributed by atoms with Gasteiger partial charge in [0.2, 0.25) is 0 Å². The van der Waals surface area contributed by atoms with Gasteiger partial charge >= 0.3 is 0 Å². The summed E-state index contributed by atoms with van der Waals surface area (Å²) in [6, 6.07) is 50.1. The van der Waals surface area contributed by atoms with Crippen molar-refractivity contribution in [3.05, 3.63) is 162 Å². The first kappa shape index (κ1) is 25.6. The van der Waals surface area contributed by atoms with Gasteiger partial charge in [0.05, 0.1) is 29.0 Å². The van der Waals surface area contributed by atoms with Crippen molar-refractivity contribution in [2.24, 2.45) is 4.99 Å². The van der Waals surface area contributed by atoms with Gasteiger partial charge < -0.3 is 9.88 Å². The molecule has 4 heteroatoms. The van der Waals surface area contributed by atoms with Crippen LogP contribution in [-0.2, 0) is 0 Å². The number of thiophene rings is 1. The smallest absolute Gasteiger partial charge is 0.134 e. The van der Waals surface area contributed by atoms with Crippen LogP contribution in [0.25, 0.3) is 69.9 Å². The average Bonchev–Trinajstić information content (AvgIpc) is 3.77. The summed E-state index contributed by atoms with van der Waals surface area (Å²) in [6.45, 7) is 0. The van der Waals surface area contributed by atoms with Crippen LogP contribution >= 0.6 is 11.3 Å². The molecule has 0 amide bonds. The van der Waals surface area contributed by atoms with Crippen molar-refractivity contribution >= 4 is 87.1 Å². The molecule has 0 saturated carbocycles. The first-order valence-corrected chi connectivity index (χ1v) is 16.6. The minimum Gasteiger partial charge on any atom is -0.357 e. The molecule has 1 aliphatic rings. The van der Waals surface area contributed by atoms with E-state index in [-0.39, 0.29) is 6.04 Å². The van der Waals surface area contributed by atoms with Crippen molar-refractivity contribution in [3.63, 3.8) is 0 Å². The van der Waals surface area contributed by atoms with Gasteiger partial charge in [-0.15, -0.1) is 11.3 Å². The summed E-state index contributed by atoms with van der Waals surface area (Å²) in [6.07, 6.45) is 2.10. The van der Waals surface area contributed by atoms with E-state index in [1.54, 1.807) is 0 Å². The van der Waals surface area contributed by atoms with Gasteiger partial charge in [-0.2, -0.15) is 0 Å². The molecule has 0 spiro atoms. The van der Waals surface area contributed by atoms with E-state index >= 15 is 0 Å². The second-order valence-electron chi connectivity index (χ2n) is 12.0. The van der Waals surface area contributed by atoms with Crippen molar-refractivity contribution < 1.29 is 0 Å². The SMILES string of the molecule is C1=C(n2c3c4ccccc4c4ccccc4c3c3c4sccc4c4ccccc4c32)C(c2ccccc2)NC(c2ccccc2)=N1. The second-order valence-corrected chi connectivity index (χ2v) is 12.9. The summed E-state index contributed by atoms with van der Waals surface area (Å²) < 4.78 is 3.86. The molecule has 216 valence electrons. The number of rotatable bonds is 3. The lowest BCUT2D eigenvalue weighted by Crippen LogP contribution is -2.33. The fourth-order valence-electron chi connectivity index (χ4n) is 7.62. The van der Waals surface area contributed by atoms with Crippen LogP contribution in [0.5, 0.6) is 0 Å². The van der Waals surface area contributed by atoms with Crippen LogP contribution in [0.4, 0.5) is 0 Å². The summed E-state index contributed by atoms with van der Waals surface area (Å²) in [7, 11) is 0. The normalized spacial score (nSPS) is 15.2. The van der Waals surface area contributed by atoms with Crippen LogP contribution in [-0.4, -0.2) is 10.4 Å². The Hall–Kier alpha value is -5.71. The molecule has 9 aromatic rings. The Morgan fingerprint density at radius 1 is 0.522 bits per heavy atom. The molecule has 1 N–H and O–H groups in total. The molecule has 2 aromatic heterocycles. The molecular formula is C42H27N3S. The number of fused-ring (bicyclic) bond motifs is 13. The van der Waals surface area contributed by atoms with E-state index in [0.717, 1.165) is 17.1 Å². The van der Waals surface area contributed by atoms with Crippen molar-refractivity contribution in [1.29, 1.82) is 0 Å². The second kappa shape index (κ2) is 9.90. The Morgan fingerprint density at radius 3 is 1.76 bits per heavy atom. The standard InChI is InChI=1S/C42H27N3S/c1-3-13-26(14-4-1)38-35(25-43-42(44-38)27-15-5-2-6-16-27)45-39-32-21-11-8-18-29(32)28-17-7-10-20-31(28)36(39)37-40(45)33-22-12-9-19-30(33)34-23-24-46-41(34)37/h1-25,38H,(H,43,44). The predicted octanol–water partition coefficient (Wildman–Crippen LogP) is 11.1. The fraction of sp³-hybridized carbons (Fsp3) is 0.0238. The number of nitrogens with zero attached hydrogens (tertiary/aromatic N) is 2. The minimum atomic E-state index is -0.129. The maximum absolute atomic E-state index is 5.13. The molecule has 1 aliphatic heterocycles. The monoisotopic (exact) mass is 605 g/mol. The summed E-state index contributed by atoms with van der Waals surface area (Å²) in [5.74, 6) is 0.875. The van der Waals surface area contributed by atoms with Gasteiger partial charge in [0, 0.05) is 37.2 Å². The van der Waals surface area contributed by atoms with E-state index in [0.29, 0.717) is 0 Å². The van der Waals surface area contributed by atoms with Crippen molar-refractivity contribution in [2.75, 3.05) is 0 Å². The molecule has 10 rings (SSSR count). The van der Waals surface area contributed by atoms with Crippen LogP contribution in [0, 0.1) is 0 Å². The molecule has 7 aromatic carbocycles. The van der Waals surface area contributed by atoms with E-state index < -0.39 is 0 Å². The predicted molar refractivity (Wildman–Crippen MR) is 197 cm³/mol. The Balaban J connectivity index is 1.46. The highest BCUT2D eigenvalue weighted by atomic mass is 32.1. The molecule has 0 radical (unpaired) electrons. The molecule has 0 bridgehead atoms. The average molecular weight is 606 g/mol. The van der Waals surface area contributed by atoms with Crippen molar-refractivity contribution in [2.45, 2.75) is 6.04 Å². The largest absolute Gasteiger partial charge is 0.357 e. The Labute approximate surface area is 269 Å². The quantitative estimate of drug-likeness (QED) is 0.200. The Morgan fingerprint density at radius 2 is 1.07 bits per heavy atom. The highest BCUT2D eigenvalue weighted by Crippen LogP contribution is 2.50. The van der Waals surface area contributed by atoms with Crippen LogP contribution in [0.1, 0.15) is 17.2 Å². The highest BCUT2D eigenvalue weighted by molar-refractivity contribution is 7.18. The topological polar surface area (TPSA) is 29.3 Å². The molecule has 3 heterocycles. The van der Waals surface area contributed by atoms with E-state index in [4.69, 9.17) is 4.99 Å². The molecule has 0 aliphatic carbocycles. The number of aliphatic imine (C=N–C) groups is 1. The van der Waals surface area contributed by atoms with E-state index in [2.05, 4.69) is 155 Å². The van der Waals surface area contributed by atoms with Gasteiger partial charge in [-0.3, -0.25) is 0 Å². The maximum atomic E-state index is 5.13. The van der Waals surface area contributed by atoms with Gasteiger partial charge in [-0.05, 0) is 38.6 Å². The van der Waals surface area contributed by atoms with Crippen molar-refractivity contribution in [1.82, 2.24) is 9.88 Å². The number of aromatic nitrogens is 1. The van der Waals surface area contributed by atoms with E-state index in [1.165, 1.54) is 69.8 Å². The zero-order valence-electron chi connectivity index (χ0n) is 24.8. The molecule has 3 nitrogen and oxygen atoms in total. The van der Waals surface area contributed by atoms with Gasteiger partial charge in [0.15, 0.2) is 0 Å². The summed E-state index contributed by atoms with van der Waals surface area (Å²) >= 11 is 1.84. The Kier molecular flexibility index (Phi) is 5.51. The summed E-state index contributed by atoms with van der Waals surface area (Å²) in [4.78, 5) is 5.13. The molecule has 0 fully saturated rings. The zero-order chi connectivity index (χ0) is 30.2. The molecule has 0 saturated heterocycles. The maximum Gasteiger partial charge on any atom is 0.134 e. The fourth-order valence-corrected chi connectivity index (χ4v) is 8.58. The summed E-state index contributed by atoms with van der Waals surface area (Å²) in [5.41, 5.74) is 5.83. The third kappa shape index (κ3) is 3.56. The minimum absolute atomic E-state index is 0.129. The van der Waals surface area contributed by atoms with Gasteiger partial charge in [-0.1, -0.05) is 133 Å². The third-order valence-corrected chi connectivity index (χ3v) is 10.5. The van der Waals surface area contributed by atoms with Crippen LogP contribution < -0.4 is 5.32 Å². The molecular weight excluding hydrogens is 579 g/mol. The number of hydrogen-bond acceptors (Lipinski definition) is 3. The zero-order valence-corrected chi connectivity index (χ0v) is 25.6. The van der Waals surface area contributed by atoms with Crippen LogP contribution in [0.2, 0.25) is 0 Å². The first-order chi connectivity index (χ1) is 22.9. The number of hydrogen-bond donors (Lipinski definition) is 1. The number of nitrogens with one attached hydrogen (secondary N) is 1. The summed E-state index contributed by atoms with van der Waals surface area (Å²) in [5, 5.41) is 17.6.